The lowest BCUT2D eigenvalue weighted by Crippen LogP contribution is -2.46. The second-order valence-corrected chi connectivity index (χ2v) is 6.53. The van der Waals surface area contributed by atoms with E-state index >= 15 is 0 Å². The van der Waals surface area contributed by atoms with Gasteiger partial charge in [0.15, 0.2) is 0 Å². The molecule has 122 valence electrons. The Kier molecular flexibility index (Phi) is 4.26. The van der Waals surface area contributed by atoms with Crippen LogP contribution < -0.4 is 0 Å². The van der Waals surface area contributed by atoms with Crippen LogP contribution in [-0.2, 0) is 0 Å². The van der Waals surface area contributed by atoms with Crippen LogP contribution in [0.5, 0.6) is 0 Å². The Hall–Kier alpha value is -2.26. The summed E-state index contributed by atoms with van der Waals surface area (Å²) in [5.41, 5.74) is 3.59. The first kappa shape index (κ1) is 15.3. The third-order valence-electron chi connectivity index (χ3n) is 4.82. The van der Waals surface area contributed by atoms with Crippen molar-refractivity contribution in [3.8, 4) is 0 Å². The lowest BCUT2D eigenvalue weighted by Gasteiger charge is -2.35. The predicted molar refractivity (Wildman–Crippen MR) is 101 cm³/mol. The summed E-state index contributed by atoms with van der Waals surface area (Å²) in [6.45, 7) is 2.08. The molecule has 3 nitrogen and oxygen atoms in total. The zero-order valence-corrected chi connectivity index (χ0v) is 14.0. The van der Waals surface area contributed by atoms with Crippen molar-refractivity contribution in [3.63, 3.8) is 0 Å². The number of hydrogen-bond donors (Lipinski definition) is 0. The summed E-state index contributed by atoms with van der Waals surface area (Å²) in [6.07, 6.45) is 27.2. The van der Waals surface area contributed by atoms with E-state index in [1.54, 1.807) is 0 Å². The minimum atomic E-state index is 0.0675. The fraction of sp³-hybridized carbons (Fsp3) is 0.333. The Morgan fingerprint density at radius 3 is 2.88 bits per heavy atom. The van der Waals surface area contributed by atoms with E-state index in [2.05, 4.69) is 78.7 Å². The Balaban J connectivity index is 1.71. The largest absolute Gasteiger partial charge is 0.271 e. The van der Waals surface area contributed by atoms with E-state index in [1.165, 1.54) is 5.57 Å². The number of allylic oxidation sites excluding steroid dienone is 8. The van der Waals surface area contributed by atoms with Gasteiger partial charge in [0, 0.05) is 12.1 Å². The van der Waals surface area contributed by atoms with E-state index in [0.29, 0.717) is 0 Å². The van der Waals surface area contributed by atoms with Crippen molar-refractivity contribution in [1.29, 1.82) is 0 Å². The minimum Gasteiger partial charge on any atom is -0.271 e. The second kappa shape index (κ2) is 6.70. The maximum Gasteiger partial charge on any atom is 0.127 e. The van der Waals surface area contributed by atoms with E-state index in [-0.39, 0.29) is 18.4 Å². The smallest absolute Gasteiger partial charge is 0.127 e. The molecule has 4 aliphatic rings. The Labute approximate surface area is 143 Å². The molecular formula is C21H23N3. The van der Waals surface area contributed by atoms with Crippen molar-refractivity contribution in [3.05, 3.63) is 72.4 Å². The molecule has 0 aromatic carbocycles. The van der Waals surface area contributed by atoms with Crippen LogP contribution in [0.3, 0.4) is 0 Å². The fourth-order valence-electron chi connectivity index (χ4n) is 3.68. The van der Waals surface area contributed by atoms with Gasteiger partial charge in [-0.05, 0) is 37.5 Å². The Morgan fingerprint density at radius 2 is 1.96 bits per heavy atom. The third-order valence-corrected chi connectivity index (χ3v) is 4.82. The predicted octanol–water partition coefficient (Wildman–Crippen LogP) is 4.14. The van der Waals surface area contributed by atoms with Crippen molar-refractivity contribution in [2.75, 3.05) is 0 Å². The van der Waals surface area contributed by atoms with E-state index < -0.39 is 0 Å². The monoisotopic (exact) mass is 317 g/mol. The maximum absolute atomic E-state index is 5.06. The fourth-order valence-corrected chi connectivity index (χ4v) is 3.68. The van der Waals surface area contributed by atoms with Gasteiger partial charge in [-0.25, -0.2) is 4.90 Å². The van der Waals surface area contributed by atoms with Crippen LogP contribution in [0.25, 0.3) is 0 Å². The van der Waals surface area contributed by atoms with Crippen LogP contribution in [0, 0.1) is 0 Å². The van der Waals surface area contributed by atoms with E-state index in [1.807, 2.05) is 0 Å². The first-order valence-electron chi connectivity index (χ1n) is 8.74. The van der Waals surface area contributed by atoms with Crippen LogP contribution in [0.2, 0.25) is 0 Å². The Morgan fingerprint density at radius 1 is 1.00 bits per heavy atom. The van der Waals surface area contributed by atoms with Crippen molar-refractivity contribution in [2.45, 2.75) is 44.6 Å². The standard InChI is InChI=1S/C21H23N3/c1-16-10-9-15-20(22-16)24-19-14-8-7-13-18(19)23-21(24)17-11-5-3-2-4-6-12-17/h3-11,13-14,19-21H,2,12,15H2,1H3/b5-3-,6-4?,17-11+. The SMILES string of the molecule is CC1=NC(N2C3C=CC=CC3=NC2/C2=C/C=C\CC=CC2)CC=C1. The highest BCUT2D eigenvalue weighted by Gasteiger charge is 2.40. The number of dihydropyridines is 1. The van der Waals surface area contributed by atoms with Crippen molar-refractivity contribution < 1.29 is 0 Å². The molecule has 0 aromatic rings. The molecule has 0 N–H and O–H groups in total. The molecule has 2 heterocycles. The number of rotatable bonds is 2. The molecule has 0 radical (unpaired) electrons. The summed E-state index contributed by atoms with van der Waals surface area (Å²) < 4.78 is 0. The van der Waals surface area contributed by atoms with Crippen molar-refractivity contribution >= 4 is 11.4 Å². The maximum atomic E-state index is 5.06. The van der Waals surface area contributed by atoms with Gasteiger partial charge in [-0.1, -0.05) is 54.7 Å². The van der Waals surface area contributed by atoms with E-state index in [0.717, 1.165) is 30.7 Å². The van der Waals surface area contributed by atoms with Gasteiger partial charge in [-0.2, -0.15) is 0 Å². The topological polar surface area (TPSA) is 28.0 Å². The molecule has 2 aliphatic heterocycles. The number of nitrogens with zero attached hydrogens (tertiary/aromatic N) is 3. The summed E-state index contributed by atoms with van der Waals surface area (Å²) in [4.78, 5) is 12.4. The van der Waals surface area contributed by atoms with Gasteiger partial charge in [-0.15, -0.1) is 0 Å². The lowest BCUT2D eigenvalue weighted by atomic mass is 10.0. The molecule has 3 unspecified atom stereocenters. The number of fused-ring (bicyclic) bond motifs is 1. The highest BCUT2D eigenvalue weighted by atomic mass is 15.4. The highest BCUT2D eigenvalue weighted by Crippen LogP contribution is 2.33. The summed E-state index contributed by atoms with van der Waals surface area (Å²) in [5.74, 6) is 0. The van der Waals surface area contributed by atoms with Gasteiger partial charge in [-0.3, -0.25) is 9.98 Å². The molecule has 0 saturated heterocycles. The average molecular weight is 317 g/mol. The molecule has 3 heteroatoms. The second-order valence-electron chi connectivity index (χ2n) is 6.53. The minimum absolute atomic E-state index is 0.0675. The summed E-state index contributed by atoms with van der Waals surface area (Å²) in [5, 5.41) is 0. The third kappa shape index (κ3) is 2.92. The molecule has 0 saturated carbocycles. The summed E-state index contributed by atoms with van der Waals surface area (Å²) in [6, 6.07) is 0.229. The van der Waals surface area contributed by atoms with Gasteiger partial charge in [0.25, 0.3) is 0 Å². The first-order chi connectivity index (χ1) is 11.8. The quantitative estimate of drug-likeness (QED) is 0.703. The van der Waals surface area contributed by atoms with Crippen LogP contribution in [0.4, 0.5) is 0 Å². The average Bonchev–Trinajstić information content (AvgIpc) is 2.93. The van der Waals surface area contributed by atoms with Gasteiger partial charge >= 0.3 is 0 Å². The van der Waals surface area contributed by atoms with Crippen LogP contribution >= 0.6 is 0 Å². The molecular weight excluding hydrogens is 294 g/mol. The molecule has 0 bridgehead atoms. The molecule has 24 heavy (non-hydrogen) atoms. The van der Waals surface area contributed by atoms with Gasteiger partial charge in [0.2, 0.25) is 0 Å². The van der Waals surface area contributed by atoms with Crippen molar-refractivity contribution in [1.82, 2.24) is 4.90 Å². The van der Waals surface area contributed by atoms with E-state index in [9.17, 15) is 0 Å². The van der Waals surface area contributed by atoms with Crippen molar-refractivity contribution in [2.24, 2.45) is 9.98 Å². The molecule has 0 spiro atoms. The van der Waals surface area contributed by atoms with Gasteiger partial charge < -0.3 is 0 Å². The van der Waals surface area contributed by atoms with Crippen LogP contribution in [0.15, 0.2) is 82.4 Å². The molecule has 0 aromatic heterocycles. The summed E-state index contributed by atoms with van der Waals surface area (Å²) in [7, 11) is 0. The molecule has 2 aliphatic carbocycles. The highest BCUT2D eigenvalue weighted by molar-refractivity contribution is 6.03. The zero-order valence-electron chi connectivity index (χ0n) is 14.0. The number of aliphatic imine (C=N–C) groups is 2. The van der Waals surface area contributed by atoms with Gasteiger partial charge in [0.1, 0.15) is 12.3 Å². The van der Waals surface area contributed by atoms with Crippen LogP contribution in [-0.4, -0.2) is 34.7 Å². The van der Waals surface area contributed by atoms with Gasteiger partial charge in [0.05, 0.1) is 11.8 Å². The molecule has 0 fully saturated rings. The molecule has 0 amide bonds. The normalized spacial score (nSPS) is 35.5. The van der Waals surface area contributed by atoms with Crippen LogP contribution in [0.1, 0.15) is 26.2 Å². The Bertz CT molecular complexity index is 743. The molecule has 3 atom stereocenters. The lowest BCUT2D eigenvalue weighted by molar-refractivity contribution is 0.173. The van der Waals surface area contributed by atoms with E-state index in [4.69, 9.17) is 9.98 Å². The number of hydrogen-bond acceptors (Lipinski definition) is 3. The zero-order chi connectivity index (χ0) is 16.4. The first-order valence-corrected chi connectivity index (χ1v) is 8.74. The molecule has 4 rings (SSSR count). The summed E-state index contributed by atoms with van der Waals surface area (Å²) >= 11 is 0.